The second kappa shape index (κ2) is 6.31. The maximum Gasteiger partial charge on any atom is 0.276 e. The molecule has 0 fully saturated rings. The number of aromatic amines is 1. The lowest BCUT2D eigenvalue weighted by atomic mass is 10.0. The average molecular weight is 345 g/mol. The fraction of sp³-hybridized carbons (Fsp3) is 0.0625. The van der Waals surface area contributed by atoms with Gasteiger partial charge in [-0.2, -0.15) is 5.10 Å². The Kier molecular flexibility index (Phi) is 4.20. The predicted molar refractivity (Wildman–Crippen MR) is 91.2 cm³/mol. The van der Waals surface area contributed by atoms with Crippen molar-refractivity contribution in [2.75, 3.05) is 0 Å². The number of nitrogens with one attached hydrogen (secondary N) is 1. The lowest BCUT2D eigenvalue weighted by molar-refractivity contribution is 0.242. The second-order valence-corrected chi connectivity index (χ2v) is 5.49. The van der Waals surface area contributed by atoms with Gasteiger partial charge >= 0.3 is 0 Å². The number of aromatic nitrogens is 2. The molecule has 1 unspecified atom stereocenters. The van der Waals surface area contributed by atoms with Gasteiger partial charge in [-0.05, 0) is 24.3 Å². The Balaban J connectivity index is 2.14. The lowest BCUT2D eigenvalue weighted by Gasteiger charge is -2.14. The quantitative estimate of drug-likeness (QED) is 0.327. The molecule has 0 aliphatic rings. The monoisotopic (exact) mass is 344 g/mol. The average Bonchev–Trinajstić information content (AvgIpc) is 2.56. The van der Waals surface area contributed by atoms with Crippen LogP contribution >= 0.6 is 11.6 Å². The van der Waals surface area contributed by atoms with E-state index < -0.39 is 11.7 Å². The Morgan fingerprint density at radius 1 is 1.29 bits per heavy atom. The molecule has 7 nitrogen and oxygen atoms in total. The standard InChI is InChI=1S/C16H13ClN4O3/c17-8-5-6-10-11(7-8)20-16(24)14(19-10)13(21-18)15(23)9-3-1-2-4-12(9)22/h1-7,15,22-23H,18H2,(H,20,24)/b21-13+. The van der Waals surface area contributed by atoms with E-state index in [1.165, 1.54) is 12.1 Å². The number of aromatic hydroxyl groups is 1. The number of H-pyrrole nitrogens is 1. The number of nitrogens with zero attached hydrogens (tertiary/aromatic N) is 2. The maximum absolute atomic E-state index is 12.3. The fourth-order valence-corrected chi connectivity index (χ4v) is 2.53. The summed E-state index contributed by atoms with van der Waals surface area (Å²) in [6.07, 6.45) is -1.41. The van der Waals surface area contributed by atoms with Crippen molar-refractivity contribution in [1.29, 1.82) is 0 Å². The van der Waals surface area contributed by atoms with Crippen molar-refractivity contribution < 1.29 is 10.2 Å². The molecule has 0 radical (unpaired) electrons. The van der Waals surface area contributed by atoms with E-state index in [1.807, 2.05) is 0 Å². The summed E-state index contributed by atoms with van der Waals surface area (Å²) in [6.45, 7) is 0. The van der Waals surface area contributed by atoms with E-state index in [0.29, 0.717) is 16.1 Å². The van der Waals surface area contributed by atoms with Gasteiger partial charge in [0, 0.05) is 10.6 Å². The van der Waals surface area contributed by atoms with Gasteiger partial charge in [0.15, 0.2) is 5.69 Å². The van der Waals surface area contributed by atoms with E-state index in [-0.39, 0.29) is 22.7 Å². The van der Waals surface area contributed by atoms with Crippen LogP contribution in [0.1, 0.15) is 17.4 Å². The van der Waals surface area contributed by atoms with Crippen LogP contribution in [0.15, 0.2) is 52.4 Å². The van der Waals surface area contributed by atoms with Crippen LogP contribution in [-0.4, -0.2) is 25.9 Å². The molecule has 1 atom stereocenters. The molecule has 3 rings (SSSR count). The Morgan fingerprint density at radius 2 is 2.04 bits per heavy atom. The summed E-state index contributed by atoms with van der Waals surface area (Å²) in [5.41, 5.74) is 0.199. The summed E-state index contributed by atoms with van der Waals surface area (Å²) in [4.78, 5) is 19.1. The number of hydrazone groups is 1. The van der Waals surface area contributed by atoms with Gasteiger partial charge in [-0.25, -0.2) is 4.98 Å². The number of halogens is 1. The molecular weight excluding hydrogens is 332 g/mol. The number of aliphatic hydroxyl groups excluding tert-OH is 1. The summed E-state index contributed by atoms with van der Waals surface area (Å²) in [6, 6.07) is 11.0. The van der Waals surface area contributed by atoms with Crippen LogP contribution in [0, 0.1) is 0 Å². The minimum absolute atomic E-state index is 0.136. The van der Waals surface area contributed by atoms with Crippen molar-refractivity contribution in [3.8, 4) is 5.75 Å². The zero-order chi connectivity index (χ0) is 17.3. The Morgan fingerprint density at radius 3 is 2.75 bits per heavy atom. The van der Waals surface area contributed by atoms with Crippen molar-refractivity contribution in [3.05, 3.63) is 69.1 Å². The zero-order valence-electron chi connectivity index (χ0n) is 12.3. The molecule has 1 heterocycles. The molecule has 3 aromatic rings. The molecule has 122 valence electrons. The molecule has 1 aromatic heterocycles. The summed E-state index contributed by atoms with van der Waals surface area (Å²) in [7, 11) is 0. The highest BCUT2D eigenvalue weighted by atomic mass is 35.5. The van der Waals surface area contributed by atoms with Crippen molar-refractivity contribution >= 4 is 28.3 Å². The van der Waals surface area contributed by atoms with Crippen LogP contribution < -0.4 is 11.4 Å². The molecule has 0 amide bonds. The van der Waals surface area contributed by atoms with Crippen LogP contribution in [-0.2, 0) is 0 Å². The third-order valence-electron chi connectivity index (χ3n) is 3.53. The van der Waals surface area contributed by atoms with Crippen LogP contribution in [0.5, 0.6) is 5.75 Å². The van der Waals surface area contributed by atoms with Crippen molar-refractivity contribution in [1.82, 2.24) is 9.97 Å². The highest BCUT2D eigenvalue weighted by Gasteiger charge is 2.24. The third kappa shape index (κ3) is 2.82. The van der Waals surface area contributed by atoms with Gasteiger partial charge in [0.25, 0.3) is 5.56 Å². The molecule has 0 aliphatic heterocycles. The van der Waals surface area contributed by atoms with Crippen molar-refractivity contribution in [2.24, 2.45) is 10.9 Å². The van der Waals surface area contributed by atoms with E-state index >= 15 is 0 Å². The summed E-state index contributed by atoms with van der Waals surface area (Å²) < 4.78 is 0. The fourth-order valence-electron chi connectivity index (χ4n) is 2.36. The molecule has 0 saturated carbocycles. The first-order valence-electron chi connectivity index (χ1n) is 6.95. The molecule has 24 heavy (non-hydrogen) atoms. The van der Waals surface area contributed by atoms with Gasteiger partial charge in [0.2, 0.25) is 0 Å². The van der Waals surface area contributed by atoms with E-state index in [4.69, 9.17) is 17.4 Å². The Labute approximate surface area is 141 Å². The lowest BCUT2D eigenvalue weighted by Crippen LogP contribution is -2.26. The molecule has 0 spiro atoms. The summed E-state index contributed by atoms with van der Waals surface area (Å²) in [5, 5.41) is 24.3. The first-order chi connectivity index (χ1) is 11.5. The van der Waals surface area contributed by atoms with Crippen molar-refractivity contribution in [3.63, 3.8) is 0 Å². The Hall–Kier alpha value is -2.90. The number of rotatable bonds is 3. The largest absolute Gasteiger partial charge is 0.508 e. The number of phenols is 1. The number of para-hydroxylation sites is 1. The van der Waals surface area contributed by atoms with Gasteiger partial charge < -0.3 is 21.0 Å². The van der Waals surface area contributed by atoms with Crippen LogP contribution in [0.2, 0.25) is 5.02 Å². The predicted octanol–water partition coefficient (Wildman–Crippen LogP) is 1.68. The topological polar surface area (TPSA) is 125 Å². The highest BCUT2D eigenvalue weighted by molar-refractivity contribution is 6.31. The van der Waals surface area contributed by atoms with Gasteiger partial charge in [0.1, 0.15) is 17.6 Å². The SMILES string of the molecule is N/N=C(\c1nc2ccc(Cl)cc2[nH]c1=O)C(O)c1ccccc1O. The number of benzene rings is 2. The van der Waals surface area contributed by atoms with Gasteiger partial charge in [-0.3, -0.25) is 4.79 Å². The van der Waals surface area contributed by atoms with Crippen LogP contribution in [0.4, 0.5) is 0 Å². The third-order valence-corrected chi connectivity index (χ3v) is 3.76. The van der Waals surface area contributed by atoms with Crippen molar-refractivity contribution in [2.45, 2.75) is 6.10 Å². The minimum Gasteiger partial charge on any atom is -0.508 e. The second-order valence-electron chi connectivity index (χ2n) is 5.05. The number of phenolic OH excluding ortho intramolecular Hbond substituents is 1. The van der Waals surface area contributed by atoms with E-state index in [9.17, 15) is 15.0 Å². The minimum atomic E-state index is -1.41. The molecule has 0 bridgehead atoms. The summed E-state index contributed by atoms with van der Waals surface area (Å²) in [5.74, 6) is 5.22. The molecule has 0 saturated heterocycles. The van der Waals surface area contributed by atoms with E-state index in [2.05, 4.69) is 15.1 Å². The molecule has 2 aromatic carbocycles. The number of hydrogen-bond donors (Lipinski definition) is 4. The van der Waals surface area contributed by atoms with E-state index in [0.717, 1.165) is 0 Å². The van der Waals surface area contributed by atoms with Crippen LogP contribution in [0.3, 0.4) is 0 Å². The first kappa shape index (κ1) is 16.0. The number of hydrogen-bond acceptors (Lipinski definition) is 6. The molecular formula is C16H13ClN4O3. The van der Waals surface area contributed by atoms with Crippen LogP contribution in [0.25, 0.3) is 11.0 Å². The maximum atomic E-state index is 12.3. The highest BCUT2D eigenvalue weighted by Crippen LogP contribution is 2.26. The molecule has 0 aliphatic carbocycles. The smallest absolute Gasteiger partial charge is 0.276 e. The van der Waals surface area contributed by atoms with Gasteiger partial charge in [-0.15, -0.1) is 0 Å². The summed E-state index contributed by atoms with van der Waals surface area (Å²) >= 11 is 5.89. The molecule has 8 heteroatoms. The normalized spacial score (nSPS) is 13.2. The zero-order valence-corrected chi connectivity index (χ0v) is 13.0. The number of nitrogens with two attached hydrogens (primary N) is 1. The van der Waals surface area contributed by atoms with Gasteiger partial charge in [-0.1, -0.05) is 29.8 Å². The first-order valence-corrected chi connectivity index (χ1v) is 7.32. The number of aliphatic hydroxyl groups is 1. The number of fused-ring (bicyclic) bond motifs is 1. The Bertz CT molecular complexity index is 1000. The molecule has 5 N–H and O–H groups in total. The van der Waals surface area contributed by atoms with Gasteiger partial charge in [0.05, 0.1) is 11.0 Å². The van der Waals surface area contributed by atoms with E-state index in [1.54, 1.807) is 30.3 Å².